The summed E-state index contributed by atoms with van der Waals surface area (Å²) in [7, 11) is 1.29. The zero-order valence-electron chi connectivity index (χ0n) is 10.8. The lowest BCUT2D eigenvalue weighted by molar-refractivity contribution is -0.115. The standard InChI is InChI=1S/C13H15N3O3/c1-3-15-10-5-4-9(13(18)19-2)8-11(10)16-12(17)6-7-14/h4-5,8,15H,3,6H2,1-2H3,(H,16,17). The summed E-state index contributed by atoms with van der Waals surface area (Å²) < 4.78 is 4.62. The number of esters is 1. The van der Waals surface area contributed by atoms with Crippen molar-refractivity contribution < 1.29 is 14.3 Å². The van der Waals surface area contributed by atoms with Gasteiger partial charge in [0.1, 0.15) is 6.42 Å². The quantitative estimate of drug-likeness (QED) is 0.788. The van der Waals surface area contributed by atoms with Gasteiger partial charge >= 0.3 is 5.97 Å². The second-order valence-electron chi connectivity index (χ2n) is 3.67. The van der Waals surface area contributed by atoms with Crippen LogP contribution in [0.4, 0.5) is 11.4 Å². The smallest absolute Gasteiger partial charge is 0.337 e. The predicted molar refractivity (Wildman–Crippen MR) is 70.8 cm³/mol. The Morgan fingerprint density at radius 1 is 1.37 bits per heavy atom. The molecule has 0 aliphatic heterocycles. The summed E-state index contributed by atoms with van der Waals surface area (Å²) in [6, 6.07) is 6.56. The molecule has 0 spiro atoms. The number of anilines is 2. The maximum atomic E-state index is 11.4. The molecule has 0 aliphatic carbocycles. The highest BCUT2D eigenvalue weighted by atomic mass is 16.5. The number of amides is 1. The number of rotatable bonds is 5. The van der Waals surface area contributed by atoms with Crippen LogP contribution in [0.5, 0.6) is 0 Å². The van der Waals surface area contributed by atoms with Crippen LogP contribution in [0.2, 0.25) is 0 Å². The number of carbonyl (C=O) groups is 2. The number of ether oxygens (including phenoxy) is 1. The fourth-order valence-corrected chi connectivity index (χ4v) is 1.50. The monoisotopic (exact) mass is 261 g/mol. The molecule has 1 aromatic rings. The molecule has 1 aromatic carbocycles. The molecule has 0 unspecified atom stereocenters. The average Bonchev–Trinajstić information content (AvgIpc) is 2.40. The number of hydrogen-bond acceptors (Lipinski definition) is 5. The largest absolute Gasteiger partial charge is 0.465 e. The maximum absolute atomic E-state index is 11.4. The minimum Gasteiger partial charge on any atom is -0.465 e. The van der Waals surface area contributed by atoms with Gasteiger partial charge < -0.3 is 15.4 Å². The van der Waals surface area contributed by atoms with E-state index in [1.165, 1.54) is 13.2 Å². The fourth-order valence-electron chi connectivity index (χ4n) is 1.50. The molecule has 6 heteroatoms. The maximum Gasteiger partial charge on any atom is 0.337 e. The second kappa shape index (κ2) is 7.01. The first-order valence-corrected chi connectivity index (χ1v) is 5.75. The van der Waals surface area contributed by atoms with Gasteiger partial charge in [-0.3, -0.25) is 4.79 Å². The molecule has 0 aromatic heterocycles. The lowest BCUT2D eigenvalue weighted by Gasteiger charge is -2.12. The van der Waals surface area contributed by atoms with E-state index in [9.17, 15) is 9.59 Å². The van der Waals surface area contributed by atoms with Gasteiger partial charge in [0, 0.05) is 6.54 Å². The molecule has 0 saturated carbocycles. The highest BCUT2D eigenvalue weighted by molar-refractivity contribution is 5.98. The van der Waals surface area contributed by atoms with E-state index < -0.39 is 11.9 Å². The Balaban J connectivity index is 3.05. The second-order valence-corrected chi connectivity index (χ2v) is 3.67. The molecule has 0 atom stereocenters. The Labute approximate surface area is 111 Å². The lowest BCUT2D eigenvalue weighted by Crippen LogP contribution is -2.13. The Kier molecular flexibility index (Phi) is 5.35. The zero-order valence-corrected chi connectivity index (χ0v) is 10.8. The van der Waals surface area contributed by atoms with Crippen molar-refractivity contribution in [1.82, 2.24) is 0 Å². The number of nitrogens with zero attached hydrogens (tertiary/aromatic N) is 1. The lowest BCUT2D eigenvalue weighted by atomic mass is 10.1. The molecule has 6 nitrogen and oxygen atoms in total. The Hall–Kier alpha value is -2.55. The molecule has 2 N–H and O–H groups in total. The van der Waals surface area contributed by atoms with Crippen LogP contribution in [0.3, 0.4) is 0 Å². The van der Waals surface area contributed by atoms with Gasteiger partial charge in [0.15, 0.2) is 0 Å². The summed E-state index contributed by atoms with van der Waals surface area (Å²) in [5.41, 5.74) is 1.46. The number of nitriles is 1. The first-order chi connectivity index (χ1) is 9.12. The minimum absolute atomic E-state index is 0.242. The topological polar surface area (TPSA) is 91.2 Å². The molecule has 100 valence electrons. The third-order valence-corrected chi connectivity index (χ3v) is 2.32. The van der Waals surface area contributed by atoms with Gasteiger partial charge in [-0.25, -0.2) is 4.79 Å². The summed E-state index contributed by atoms with van der Waals surface area (Å²) >= 11 is 0. The average molecular weight is 261 g/mol. The number of carbonyl (C=O) groups excluding carboxylic acids is 2. The van der Waals surface area contributed by atoms with Gasteiger partial charge in [0.05, 0.1) is 30.1 Å². The van der Waals surface area contributed by atoms with E-state index in [1.54, 1.807) is 18.2 Å². The van der Waals surface area contributed by atoms with Crippen LogP contribution in [0.25, 0.3) is 0 Å². The highest BCUT2D eigenvalue weighted by Gasteiger charge is 2.11. The summed E-state index contributed by atoms with van der Waals surface area (Å²) in [6.45, 7) is 2.58. The van der Waals surface area contributed by atoms with E-state index in [-0.39, 0.29) is 6.42 Å². The van der Waals surface area contributed by atoms with E-state index in [0.717, 1.165) is 0 Å². The van der Waals surface area contributed by atoms with Crippen LogP contribution in [0.15, 0.2) is 18.2 Å². The molecule has 0 saturated heterocycles. The summed E-state index contributed by atoms with van der Waals surface area (Å²) in [5.74, 6) is -0.914. The van der Waals surface area contributed by atoms with Crippen molar-refractivity contribution in [3.63, 3.8) is 0 Å². The number of nitrogens with one attached hydrogen (secondary N) is 2. The van der Waals surface area contributed by atoms with Gasteiger partial charge in [-0.1, -0.05) is 0 Å². The van der Waals surface area contributed by atoms with Crippen LogP contribution < -0.4 is 10.6 Å². The molecule has 0 fully saturated rings. The van der Waals surface area contributed by atoms with Gasteiger partial charge in [-0.2, -0.15) is 5.26 Å². The Bertz CT molecular complexity index is 520. The van der Waals surface area contributed by atoms with Gasteiger partial charge in [-0.05, 0) is 25.1 Å². The van der Waals surface area contributed by atoms with Gasteiger partial charge in [0.25, 0.3) is 0 Å². The summed E-state index contributed by atoms with van der Waals surface area (Å²) in [6.07, 6.45) is -0.242. The third-order valence-electron chi connectivity index (χ3n) is 2.32. The van der Waals surface area contributed by atoms with Crippen LogP contribution in [0, 0.1) is 11.3 Å². The summed E-state index contributed by atoms with van der Waals surface area (Å²) in [4.78, 5) is 22.9. The normalized spacial score (nSPS) is 9.32. The van der Waals surface area contributed by atoms with E-state index in [1.807, 2.05) is 6.92 Å². The zero-order chi connectivity index (χ0) is 14.3. The highest BCUT2D eigenvalue weighted by Crippen LogP contribution is 2.23. The van der Waals surface area contributed by atoms with Crippen LogP contribution in [-0.4, -0.2) is 25.5 Å². The first-order valence-electron chi connectivity index (χ1n) is 5.75. The molecule has 0 heterocycles. The van der Waals surface area contributed by atoms with E-state index >= 15 is 0 Å². The minimum atomic E-state index is -0.487. The number of benzene rings is 1. The first kappa shape index (κ1) is 14.5. The van der Waals surface area contributed by atoms with Crippen molar-refractivity contribution in [1.29, 1.82) is 5.26 Å². The van der Waals surface area contributed by atoms with E-state index in [2.05, 4.69) is 15.4 Å². The molecular weight excluding hydrogens is 246 g/mol. The molecule has 1 amide bonds. The Morgan fingerprint density at radius 2 is 2.11 bits per heavy atom. The molecule has 0 bridgehead atoms. The molecule has 0 radical (unpaired) electrons. The SMILES string of the molecule is CCNc1ccc(C(=O)OC)cc1NC(=O)CC#N. The predicted octanol–water partition coefficient (Wildman–Crippen LogP) is 1.76. The molecule has 0 aliphatic rings. The van der Waals surface area contributed by atoms with Crippen molar-refractivity contribution in [2.24, 2.45) is 0 Å². The van der Waals surface area contributed by atoms with E-state index in [0.29, 0.717) is 23.5 Å². The van der Waals surface area contributed by atoms with E-state index in [4.69, 9.17) is 5.26 Å². The third kappa shape index (κ3) is 4.00. The van der Waals surface area contributed by atoms with Crippen molar-refractivity contribution in [2.75, 3.05) is 24.3 Å². The summed E-state index contributed by atoms with van der Waals surface area (Å²) in [5, 5.41) is 14.1. The van der Waals surface area contributed by atoms with Crippen LogP contribution in [-0.2, 0) is 9.53 Å². The molecule has 19 heavy (non-hydrogen) atoms. The van der Waals surface area contributed by atoms with Crippen molar-refractivity contribution in [3.8, 4) is 6.07 Å². The van der Waals surface area contributed by atoms with Crippen LogP contribution in [0.1, 0.15) is 23.7 Å². The van der Waals surface area contributed by atoms with Crippen molar-refractivity contribution in [2.45, 2.75) is 13.3 Å². The van der Waals surface area contributed by atoms with Gasteiger partial charge in [0.2, 0.25) is 5.91 Å². The van der Waals surface area contributed by atoms with Crippen LogP contribution >= 0.6 is 0 Å². The fraction of sp³-hybridized carbons (Fsp3) is 0.308. The number of methoxy groups -OCH3 is 1. The molecular formula is C13H15N3O3. The Morgan fingerprint density at radius 3 is 2.68 bits per heavy atom. The number of hydrogen-bond donors (Lipinski definition) is 2. The molecule has 1 rings (SSSR count). The van der Waals surface area contributed by atoms with Crippen molar-refractivity contribution >= 4 is 23.3 Å². The van der Waals surface area contributed by atoms with Gasteiger partial charge in [-0.15, -0.1) is 0 Å². The van der Waals surface area contributed by atoms with Crippen molar-refractivity contribution in [3.05, 3.63) is 23.8 Å².